The summed E-state index contributed by atoms with van der Waals surface area (Å²) in [6, 6.07) is 0. The Morgan fingerprint density at radius 2 is 1.94 bits per heavy atom. The van der Waals surface area contributed by atoms with Crippen LogP contribution in [0.3, 0.4) is 0 Å². The molecule has 0 amide bonds. The van der Waals surface area contributed by atoms with Crippen molar-refractivity contribution in [1.82, 2.24) is 0 Å². The second kappa shape index (κ2) is 6.59. The number of rotatable bonds is 5. The maximum absolute atomic E-state index is 12.9. The van der Waals surface area contributed by atoms with Crippen LogP contribution in [0.1, 0.15) is 39.0 Å². The highest BCUT2D eigenvalue weighted by molar-refractivity contribution is 9.10. The molecule has 1 unspecified atom stereocenters. The largest absolute Gasteiger partial charge is 0.460 e. The van der Waals surface area contributed by atoms with E-state index >= 15 is 0 Å². The van der Waals surface area contributed by atoms with Crippen molar-refractivity contribution in [3.8, 4) is 0 Å². The topological polar surface area (TPSA) is 43.4 Å². The summed E-state index contributed by atoms with van der Waals surface area (Å²) in [5.74, 6) is -3.99. The lowest BCUT2D eigenvalue weighted by atomic mass is 9.83. The second-order valence-electron chi connectivity index (χ2n) is 4.59. The summed E-state index contributed by atoms with van der Waals surface area (Å²) in [5, 5.41) is 0. The molecule has 1 fully saturated rings. The van der Waals surface area contributed by atoms with E-state index in [1.807, 2.05) is 0 Å². The SMILES string of the molecule is CCOC(=O)C(=O)C(Br)CC1CCC(F)(F)CC1. The molecule has 1 saturated carbocycles. The maximum atomic E-state index is 12.9. The minimum absolute atomic E-state index is 0.0624. The van der Waals surface area contributed by atoms with Crippen LogP contribution in [-0.2, 0) is 14.3 Å². The first-order chi connectivity index (χ1) is 8.35. The molecule has 0 aromatic rings. The quantitative estimate of drug-likeness (QED) is 0.443. The molecule has 0 spiro atoms. The Labute approximate surface area is 113 Å². The third-order valence-corrected chi connectivity index (χ3v) is 3.93. The summed E-state index contributed by atoms with van der Waals surface area (Å²) in [6.45, 7) is 1.78. The molecule has 0 aromatic carbocycles. The Morgan fingerprint density at radius 3 is 2.44 bits per heavy atom. The van der Waals surface area contributed by atoms with Crippen molar-refractivity contribution in [2.75, 3.05) is 6.61 Å². The van der Waals surface area contributed by atoms with E-state index < -0.39 is 22.5 Å². The number of carbonyl (C=O) groups excluding carboxylic acids is 2. The predicted molar refractivity (Wildman–Crippen MR) is 65.9 cm³/mol. The van der Waals surface area contributed by atoms with Crippen molar-refractivity contribution in [1.29, 1.82) is 0 Å². The maximum Gasteiger partial charge on any atom is 0.375 e. The molecule has 0 heterocycles. The fourth-order valence-corrected chi connectivity index (χ4v) is 2.78. The molecule has 3 nitrogen and oxygen atoms in total. The van der Waals surface area contributed by atoms with Crippen LogP contribution < -0.4 is 0 Å². The molecule has 1 aliphatic rings. The summed E-state index contributed by atoms with van der Waals surface area (Å²) < 4.78 is 30.5. The lowest BCUT2D eigenvalue weighted by molar-refractivity contribution is -0.153. The van der Waals surface area contributed by atoms with Gasteiger partial charge in [-0.25, -0.2) is 13.6 Å². The van der Waals surface area contributed by atoms with Gasteiger partial charge < -0.3 is 4.74 Å². The molecule has 0 aromatic heterocycles. The van der Waals surface area contributed by atoms with Gasteiger partial charge in [0, 0.05) is 12.8 Å². The Bertz CT molecular complexity index is 310. The molecule has 0 radical (unpaired) electrons. The van der Waals surface area contributed by atoms with Crippen LogP contribution in [0.25, 0.3) is 0 Å². The molecular formula is C12H17BrF2O3. The standard InChI is InChI=1S/C12H17BrF2O3/c1-2-18-11(17)10(16)9(13)7-8-3-5-12(14,15)6-4-8/h8-9H,2-7H2,1H3. The molecule has 6 heteroatoms. The van der Waals surface area contributed by atoms with E-state index in [9.17, 15) is 18.4 Å². The molecular weight excluding hydrogens is 310 g/mol. The molecule has 0 bridgehead atoms. The van der Waals surface area contributed by atoms with Gasteiger partial charge in [0.2, 0.25) is 5.92 Å². The predicted octanol–water partition coefficient (Wildman–Crippen LogP) is 3.10. The van der Waals surface area contributed by atoms with Crippen molar-refractivity contribution < 1.29 is 23.1 Å². The van der Waals surface area contributed by atoms with E-state index in [0.717, 1.165) is 0 Å². The number of esters is 1. The second-order valence-corrected chi connectivity index (χ2v) is 5.69. The van der Waals surface area contributed by atoms with E-state index in [2.05, 4.69) is 20.7 Å². The van der Waals surface area contributed by atoms with Gasteiger partial charge in [0.15, 0.2) is 0 Å². The van der Waals surface area contributed by atoms with Gasteiger partial charge in [-0.2, -0.15) is 0 Å². The third-order valence-electron chi connectivity index (χ3n) is 3.14. The van der Waals surface area contributed by atoms with E-state index in [0.29, 0.717) is 19.3 Å². The summed E-state index contributed by atoms with van der Waals surface area (Å²) in [7, 11) is 0. The molecule has 0 saturated heterocycles. The molecule has 1 atom stereocenters. The van der Waals surface area contributed by atoms with Crippen molar-refractivity contribution in [2.45, 2.75) is 49.8 Å². The zero-order chi connectivity index (χ0) is 13.8. The van der Waals surface area contributed by atoms with E-state index in [4.69, 9.17) is 0 Å². The van der Waals surface area contributed by atoms with Crippen LogP contribution in [0.2, 0.25) is 0 Å². The zero-order valence-electron chi connectivity index (χ0n) is 10.3. The molecule has 18 heavy (non-hydrogen) atoms. The fraction of sp³-hybridized carbons (Fsp3) is 0.833. The highest BCUT2D eigenvalue weighted by Gasteiger charge is 2.36. The van der Waals surface area contributed by atoms with Crippen LogP contribution in [0.4, 0.5) is 8.78 Å². The molecule has 1 aliphatic carbocycles. The van der Waals surface area contributed by atoms with Crippen LogP contribution in [-0.4, -0.2) is 29.1 Å². The Kier molecular flexibility index (Phi) is 5.69. The van der Waals surface area contributed by atoms with Crippen LogP contribution >= 0.6 is 15.9 Å². The van der Waals surface area contributed by atoms with Gasteiger partial charge in [-0.15, -0.1) is 0 Å². The van der Waals surface area contributed by atoms with Gasteiger partial charge in [-0.3, -0.25) is 4.79 Å². The van der Waals surface area contributed by atoms with Crippen LogP contribution in [0.5, 0.6) is 0 Å². The number of Topliss-reactive ketones (excluding diaryl/α,β-unsaturated/α-hetero) is 1. The minimum atomic E-state index is -2.57. The monoisotopic (exact) mass is 326 g/mol. The Balaban J connectivity index is 2.39. The number of hydrogen-bond acceptors (Lipinski definition) is 3. The summed E-state index contributed by atoms with van der Waals surface area (Å²) in [6.07, 6.45) is 0.931. The van der Waals surface area contributed by atoms with E-state index in [1.165, 1.54) is 0 Å². The number of ether oxygens (including phenoxy) is 1. The average Bonchev–Trinajstić information content (AvgIpc) is 2.31. The third kappa shape index (κ3) is 4.63. The fourth-order valence-electron chi connectivity index (χ4n) is 2.07. The van der Waals surface area contributed by atoms with Gasteiger partial charge in [0.1, 0.15) is 0 Å². The number of halogens is 3. The van der Waals surface area contributed by atoms with Crippen LogP contribution in [0, 0.1) is 5.92 Å². The summed E-state index contributed by atoms with van der Waals surface area (Å²) in [5.41, 5.74) is 0. The molecule has 104 valence electrons. The van der Waals surface area contributed by atoms with Gasteiger partial charge >= 0.3 is 5.97 Å². The lowest BCUT2D eigenvalue weighted by Gasteiger charge is -2.28. The van der Waals surface area contributed by atoms with E-state index in [1.54, 1.807) is 6.92 Å². The van der Waals surface area contributed by atoms with Crippen molar-refractivity contribution in [2.24, 2.45) is 5.92 Å². The van der Waals surface area contributed by atoms with Crippen molar-refractivity contribution in [3.63, 3.8) is 0 Å². The first-order valence-corrected chi connectivity index (χ1v) is 7.00. The first kappa shape index (κ1) is 15.5. The summed E-state index contributed by atoms with van der Waals surface area (Å²) in [4.78, 5) is 22.1. The normalized spacial score (nSPS) is 21.3. The average molecular weight is 327 g/mol. The highest BCUT2D eigenvalue weighted by Crippen LogP contribution is 2.38. The van der Waals surface area contributed by atoms with Crippen molar-refractivity contribution >= 4 is 27.7 Å². The number of carbonyl (C=O) groups is 2. The zero-order valence-corrected chi connectivity index (χ0v) is 11.8. The van der Waals surface area contributed by atoms with Gasteiger partial charge in [0.05, 0.1) is 11.4 Å². The van der Waals surface area contributed by atoms with Crippen molar-refractivity contribution in [3.05, 3.63) is 0 Å². The van der Waals surface area contributed by atoms with Gasteiger partial charge in [-0.05, 0) is 32.1 Å². The Morgan fingerprint density at radius 1 is 1.39 bits per heavy atom. The number of ketones is 1. The van der Waals surface area contributed by atoms with Crippen LogP contribution in [0.15, 0.2) is 0 Å². The van der Waals surface area contributed by atoms with Gasteiger partial charge in [0.25, 0.3) is 5.78 Å². The molecule has 0 N–H and O–H groups in total. The molecule has 1 rings (SSSR count). The highest BCUT2D eigenvalue weighted by atomic mass is 79.9. The number of alkyl halides is 3. The van der Waals surface area contributed by atoms with E-state index in [-0.39, 0.29) is 25.4 Å². The minimum Gasteiger partial charge on any atom is -0.460 e. The molecule has 0 aliphatic heterocycles. The lowest BCUT2D eigenvalue weighted by Crippen LogP contribution is -2.30. The van der Waals surface area contributed by atoms with Gasteiger partial charge in [-0.1, -0.05) is 15.9 Å². The Hall–Kier alpha value is -0.520. The first-order valence-electron chi connectivity index (χ1n) is 6.08. The number of hydrogen-bond donors (Lipinski definition) is 0. The summed E-state index contributed by atoms with van der Waals surface area (Å²) >= 11 is 3.14. The smallest absolute Gasteiger partial charge is 0.375 e.